The topological polar surface area (TPSA) is 90.9 Å². The Morgan fingerprint density at radius 3 is 2.42 bits per heavy atom. The predicted octanol–water partition coefficient (Wildman–Crippen LogP) is 2.94. The number of halogens is 3. The summed E-state index contributed by atoms with van der Waals surface area (Å²) in [7, 11) is -2.34. The van der Waals surface area contributed by atoms with Gasteiger partial charge in [0.05, 0.1) is 11.3 Å². The molecule has 1 heterocycles. The molecule has 0 saturated heterocycles. The molecule has 1 atom stereocenters. The molecule has 1 amide bonds. The first-order valence-corrected chi connectivity index (χ1v) is 12.9. The first-order chi connectivity index (χ1) is 15.3. The van der Waals surface area contributed by atoms with Gasteiger partial charge in [0.2, 0.25) is 22.4 Å². The van der Waals surface area contributed by atoms with Crippen LogP contribution >= 0.6 is 11.6 Å². The summed E-state index contributed by atoms with van der Waals surface area (Å²) < 4.78 is 53.3. The summed E-state index contributed by atoms with van der Waals surface area (Å²) in [5.41, 5.74) is -0.808. The van der Waals surface area contributed by atoms with E-state index in [9.17, 15) is 22.0 Å². The third-order valence-electron chi connectivity index (χ3n) is 7.10. The minimum Gasteiger partial charge on any atom is -0.360 e. The number of amidine groups is 1. The molecule has 5 rings (SSSR count). The standard InChI is InChI=1S/C22H29ClF2N4O3S/c1-20(2)17(18(30)26-3)27-19(28-20)21-11-22(12-21,13-21)29(33(31,32)9-8-16(24)25)10-14-4-6-15(23)7-5-14/h4-7,16-17H,8-13H2,1-3H3,(H,26,30)(H,27,28)/t17-,21?,22?/m0/s1. The Bertz CT molecular complexity index is 1060. The largest absolute Gasteiger partial charge is 0.360 e. The number of carbonyl (C=O) groups is 1. The molecule has 7 nitrogen and oxygen atoms in total. The average Bonchev–Trinajstić information content (AvgIpc) is 2.99. The molecule has 1 aliphatic heterocycles. The lowest BCUT2D eigenvalue weighted by Gasteiger charge is -2.73. The van der Waals surface area contributed by atoms with Crippen molar-refractivity contribution in [2.45, 2.75) is 69.6 Å². The van der Waals surface area contributed by atoms with E-state index in [1.54, 1.807) is 31.3 Å². The minimum absolute atomic E-state index is 0.102. The molecular weight excluding hydrogens is 474 g/mol. The number of hydrogen-bond donors (Lipinski definition) is 2. The van der Waals surface area contributed by atoms with Gasteiger partial charge in [-0.05, 0) is 50.8 Å². The Morgan fingerprint density at radius 1 is 1.27 bits per heavy atom. The van der Waals surface area contributed by atoms with Crippen LogP contribution in [0.25, 0.3) is 0 Å². The van der Waals surface area contributed by atoms with Gasteiger partial charge in [-0.1, -0.05) is 23.7 Å². The average molecular weight is 503 g/mol. The van der Waals surface area contributed by atoms with E-state index in [1.165, 1.54) is 4.31 Å². The molecule has 0 aromatic heterocycles. The van der Waals surface area contributed by atoms with Gasteiger partial charge in [0.25, 0.3) is 0 Å². The third kappa shape index (κ3) is 4.25. The third-order valence-corrected chi connectivity index (χ3v) is 9.29. The fourth-order valence-electron chi connectivity index (χ4n) is 5.42. The van der Waals surface area contributed by atoms with Crippen molar-refractivity contribution in [3.05, 3.63) is 34.9 Å². The molecule has 2 N–H and O–H groups in total. The molecule has 2 bridgehead atoms. The van der Waals surface area contributed by atoms with Crippen molar-refractivity contribution in [3.8, 4) is 0 Å². The Kier molecular flexibility index (Phi) is 6.02. The molecule has 1 aromatic rings. The van der Waals surface area contributed by atoms with E-state index >= 15 is 0 Å². The van der Waals surface area contributed by atoms with E-state index in [1.807, 2.05) is 13.8 Å². The highest BCUT2D eigenvalue weighted by molar-refractivity contribution is 7.89. The van der Waals surface area contributed by atoms with Crippen LogP contribution in [0.5, 0.6) is 0 Å². The number of sulfonamides is 1. The SMILES string of the molecule is CNC(=O)[C@@H]1NC(C23CC(N(Cc4ccc(Cl)cc4)S(=O)(=O)CCC(F)F)(C2)C3)=NC1(C)C. The number of likely N-dealkylation sites (N-methyl/N-ethyl adjacent to an activating group) is 1. The minimum atomic E-state index is -3.91. The van der Waals surface area contributed by atoms with Crippen LogP contribution in [0, 0.1) is 5.41 Å². The number of amides is 1. The molecule has 3 fully saturated rings. The number of hydrogen-bond acceptors (Lipinski definition) is 5. The van der Waals surface area contributed by atoms with Crippen molar-refractivity contribution < 1.29 is 22.0 Å². The van der Waals surface area contributed by atoms with E-state index in [0.29, 0.717) is 24.3 Å². The number of rotatable bonds is 9. The van der Waals surface area contributed by atoms with Gasteiger partial charge in [0.1, 0.15) is 11.9 Å². The lowest BCUT2D eigenvalue weighted by Crippen LogP contribution is -2.78. The van der Waals surface area contributed by atoms with Crippen LogP contribution in [0.15, 0.2) is 29.3 Å². The van der Waals surface area contributed by atoms with E-state index < -0.39 is 45.7 Å². The number of carbonyl (C=O) groups excluding carboxylic acids is 1. The highest BCUT2D eigenvalue weighted by atomic mass is 35.5. The molecule has 1 aromatic carbocycles. The second-order valence-corrected chi connectivity index (χ2v) is 12.4. The summed E-state index contributed by atoms with van der Waals surface area (Å²) >= 11 is 5.95. The van der Waals surface area contributed by atoms with Crippen molar-refractivity contribution >= 4 is 33.4 Å². The molecule has 182 valence electrons. The van der Waals surface area contributed by atoms with Crippen LogP contribution in [-0.4, -0.2) is 60.8 Å². The summed E-state index contributed by atoms with van der Waals surface area (Å²) in [4.78, 5) is 17.0. The quantitative estimate of drug-likeness (QED) is 0.543. The van der Waals surface area contributed by atoms with Gasteiger partial charge in [-0.25, -0.2) is 17.2 Å². The lowest BCUT2D eigenvalue weighted by atomic mass is 9.38. The molecule has 3 aliphatic carbocycles. The first-order valence-electron chi connectivity index (χ1n) is 10.9. The van der Waals surface area contributed by atoms with Gasteiger partial charge in [-0.15, -0.1) is 0 Å². The molecule has 0 radical (unpaired) electrons. The van der Waals surface area contributed by atoms with Crippen LogP contribution in [-0.2, 0) is 21.4 Å². The predicted molar refractivity (Wildman–Crippen MR) is 123 cm³/mol. The molecule has 3 saturated carbocycles. The van der Waals surface area contributed by atoms with Crippen LogP contribution in [0.2, 0.25) is 5.02 Å². The second kappa shape index (κ2) is 8.16. The van der Waals surface area contributed by atoms with Gasteiger partial charge in [-0.3, -0.25) is 9.79 Å². The molecule has 4 aliphatic rings. The Hall–Kier alpha value is -1.78. The maximum Gasteiger partial charge on any atom is 0.244 e. The number of benzene rings is 1. The number of aliphatic imine (C=N–C) groups is 1. The fraction of sp³-hybridized carbons (Fsp3) is 0.636. The molecule has 11 heteroatoms. The Balaban J connectivity index is 1.54. The van der Waals surface area contributed by atoms with Gasteiger partial charge >= 0.3 is 0 Å². The van der Waals surface area contributed by atoms with E-state index in [4.69, 9.17) is 16.6 Å². The highest BCUT2D eigenvalue weighted by Gasteiger charge is 2.75. The molecule has 33 heavy (non-hydrogen) atoms. The Morgan fingerprint density at radius 2 is 1.88 bits per heavy atom. The van der Waals surface area contributed by atoms with Crippen molar-refractivity contribution in [1.29, 1.82) is 0 Å². The lowest BCUT2D eigenvalue weighted by molar-refractivity contribution is -0.151. The number of nitrogens with zero attached hydrogens (tertiary/aromatic N) is 2. The monoisotopic (exact) mass is 502 g/mol. The summed E-state index contributed by atoms with van der Waals surface area (Å²) in [6, 6.07) is 6.36. The number of nitrogens with one attached hydrogen (secondary N) is 2. The molecular formula is C22H29ClF2N4O3S. The fourth-order valence-corrected chi connectivity index (χ4v) is 7.37. The van der Waals surface area contributed by atoms with Gasteiger partial charge in [0, 0.05) is 36.0 Å². The van der Waals surface area contributed by atoms with Crippen LogP contribution < -0.4 is 10.6 Å². The van der Waals surface area contributed by atoms with Crippen LogP contribution in [0.3, 0.4) is 0 Å². The van der Waals surface area contributed by atoms with E-state index in [0.717, 1.165) is 11.4 Å². The van der Waals surface area contributed by atoms with Gasteiger partial charge in [-0.2, -0.15) is 4.31 Å². The zero-order chi connectivity index (χ0) is 24.2. The summed E-state index contributed by atoms with van der Waals surface area (Å²) in [5.74, 6) is -0.0174. The maximum absolute atomic E-state index is 13.1. The normalized spacial score (nSPS) is 29.8. The molecule has 0 spiro atoms. The van der Waals surface area contributed by atoms with Gasteiger partial charge < -0.3 is 10.6 Å². The van der Waals surface area contributed by atoms with Crippen LogP contribution in [0.1, 0.15) is 45.1 Å². The van der Waals surface area contributed by atoms with E-state index in [-0.39, 0.29) is 17.9 Å². The number of alkyl halides is 2. The summed E-state index contributed by atoms with van der Waals surface area (Å²) in [6.07, 6.45) is -1.74. The zero-order valence-corrected chi connectivity index (χ0v) is 20.4. The van der Waals surface area contributed by atoms with Crippen molar-refractivity contribution in [1.82, 2.24) is 14.9 Å². The van der Waals surface area contributed by atoms with Crippen molar-refractivity contribution in [2.24, 2.45) is 10.4 Å². The second-order valence-electron chi connectivity index (χ2n) is 9.97. The van der Waals surface area contributed by atoms with Crippen molar-refractivity contribution in [3.63, 3.8) is 0 Å². The highest BCUT2D eigenvalue weighted by Crippen LogP contribution is 2.71. The summed E-state index contributed by atoms with van der Waals surface area (Å²) in [5, 5.41) is 6.45. The Labute approximate surface area is 198 Å². The molecule has 0 unspecified atom stereocenters. The first kappa shape index (κ1) is 24.3. The smallest absolute Gasteiger partial charge is 0.244 e. The van der Waals surface area contributed by atoms with Crippen LogP contribution in [0.4, 0.5) is 8.78 Å². The van der Waals surface area contributed by atoms with Crippen molar-refractivity contribution in [2.75, 3.05) is 12.8 Å². The summed E-state index contributed by atoms with van der Waals surface area (Å²) in [6.45, 7) is 3.87. The van der Waals surface area contributed by atoms with E-state index in [2.05, 4.69) is 10.6 Å². The maximum atomic E-state index is 13.1. The van der Waals surface area contributed by atoms with Gasteiger partial charge in [0.15, 0.2) is 0 Å². The zero-order valence-electron chi connectivity index (χ0n) is 18.9.